The number of ether oxygens (including phenoxy) is 2. The van der Waals surface area contributed by atoms with Crippen LogP contribution in [0, 0.1) is 5.82 Å². The van der Waals surface area contributed by atoms with E-state index >= 15 is 0 Å². The van der Waals surface area contributed by atoms with Crippen molar-refractivity contribution >= 4 is 11.8 Å². The maximum atomic E-state index is 14.0. The molecule has 1 aliphatic rings. The molecular weight excluding hydrogens is 438 g/mol. The van der Waals surface area contributed by atoms with Crippen LogP contribution in [0.5, 0.6) is 0 Å². The second-order valence-corrected chi connectivity index (χ2v) is 7.31. The molecule has 8 heteroatoms. The monoisotopic (exact) mass is 461 g/mol. The lowest BCUT2D eigenvalue weighted by Gasteiger charge is -2.25. The molecule has 4 nitrogen and oxygen atoms in total. The molecule has 33 heavy (non-hydrogen) atoms. The van der Waals surface area contributed by atoms with Gasteiger partial charge in [-0.1, -0.05) is 43.0 Å². The Morgan fingerprint density at radius 3 is 2.55 bits per heavy atom. The molecular formula is C25H23F4NO3. The molecule has 0 bridgehead atoms. The average molecular weight is 461 g/mol. The minimum atomic E-state index is -4.51. The summed E-state index contributed by atoms with van der Waals surface area (Å²) in [7, 11) is 0. The number of benzene rings is 2. The van der Waals surface area contributed by atoms with E-state index in [1.54, 1.807) is 18.2 Å². The smallest absolute Gasteiger partial charge is 0.416 e. The summed E-state index contributed by atoms with van der Waals surface area (Å²) in [5, 5.41) is 0. The van der Waals surface area contributed by atoms with Crippen molar-refractivity contribution < 1.29 is 31.8 Å². The first kappa shape index (κ1) is 24.3. The first-order valence-electron chi connectivity index (χ1n) is 10.2. The van der Waals surface area contributed by atoms with Gasteiger partial charge < -0.3 is 9.47 Å². The van der Waals surface area contributed by atoms with Gasteiger partial charge in [-0.05, 0) is 54.5 Å². The highest BCUT2D eigenvalue weighted by Crippen LogP contribution is 2.39. The van der Waals surface area contributed by atoms with Crippen molar-refractivity contribution in [2.75, 3.05) is 18.1 Å². The van der Waals surface area contributed by atoms with Crippen LogP contribution in [0.25, 0.3) is 0 Å². The second-order valence-electron chi connectivity index (χ2n) is 7.31. The number of anilines is 1. The van der Waals surface area contributed by atoms with Gasteiger partial charge in [0, 0.05) is 5.69 Å². The fraction of sp³-hybridized carbons (Fsp3) is 0.240. The van der Waals surface area contributed by atoms with Gasteiger partial charge in [0.2, 0.25) is 0 Å². The Morgan fingerprint density at radius 2 is 1.94 bits per heavy atom. The van der Waals surface area contributed by atoms with Gasteiger partial charge in [-0.25, -0.2) is 9.18 Å². The van der Waals surface area contributed by atoms with Crippen molar-refractivity contribution in [3.8, 4) is 0 Å². The van der Waals surface area contributed by atoms with Crippen LogP contribution >= 0.6 is 0 Å². The summed E-state index contributed by atoms with van der Waals surface area (Å²) in [6, 6.07) is 9.02. The van der Waals surface area contributed by atoms with Crippen LogP contribution in [0.4, 0.5) is 28.0 Å². The largest absolute Gasteiger partial charge is 0.441 e. The van der Waals surface area contributed by atoms with Crippen LogP contribution in [0.3, 0.4) is 0 Å². The minimum Gasteiger partial charge on any atom is -0.441 e. The van der Waals surface area contributed by atoms with Crippen LogP contribution in [0.15, 0.2) is 85.0 Å². The molecule has 0 spiro atoms. The Balaban J connectivity index is 1.87. The summed E-state index contributed by atoms with van der Waals surface area (Å²) in [5.41, 5.74) is 0.675. The van der Waals surface area contributed by atoms with Crippen molar-refractivity contribution in [3.63, 3.8) is 0 Å². The number of hydrogen-bond acceptors (Lipinski definition) is 3. The van der Waals surface area contributed by atoms with E-state index in [2.05, 4.69) is 6.58 Å². The summed E-state index contributed by atoms with van der Waals surface area (Å²) >= 11 is 0. The molecule has 1 heterocycles. The Bertz CT molecular complexity index is 1040. The predicted octanol–water partition coefficient (Wildman–Crippen LogP) is 6.62. The van der Waals surface area contributed by atoms with Crippen LogP contribution in [-0.2, 0) is 15.7 Å². The lowest BCUT2D eigenvalue weighted by atomic mass is 10.00. The lowest BCUT2D eigenvalue weighted by molar-refractivity contribution is -0.137. The van der Waals surface area contributed by atoms with Crippen LogP contribution in [0.1, 0.15) is 24.1 Å². The van der Waals surface area contributed by atoms with Crippen LogP contribution < -0.4 is 4.90 Å². The zero-order valence-electron chi connectivity index (χ0n) is 17.9. The molecule has 2 atom stereocenters. The number of amides is 1. The van der Waals surface area contributed by atoms with Crippen molar-refractivity contribution in [3.05, 3.63) is 102 Å². The Kier molecular flexibility index (Phi) is 7.71. The predicted molar refractivity (Wildman–Crippen MR) is 117 cm³/mol. The average Bonchev–Trinajstić information content (AvgIpc) is 3.11. The molecule has 2 aromatic rings. The van der Waals surface area contributed by atoms with Crippen LogP contribution in [-0.4, -0.2) is 25.4 Å². The second kappa shape index (κ2) is 10.5. The maximum absolute atomic E-state index is 14.0. The fourth-order valence-electron chi connectivity index (χ4n) is 3.50. The number of alkyl halides is 3. The number of carbonyl (C=O) groups excluding carboxylic acids is 1. The molecule has 0 unspecified atom stereocenters. The van der Waals surface area contributed by atoms with E-state index in [4.69, 9.17) is 9.47 Å². The minimum absolute atomic E-state index is 0.00330. The van der Waals surface area contributed by atoms with E-state index in [0.717, 1.165) is 17.7 Å². The van der Waals surface area contributed by atoms with Gasteiger partial charge in [0.25, 0.3) is 0 Å². The molecule has 1 saturated heterocycles. The molecule has 0 aliphatic carbocycles. The van der Waals surface area contributed by atoms with Gasteiger partial charge in [-0.3, -0.25) is 4.90 Å². The third-order valence-corrected chi connectivity index (χ3v) is 5.11. The quantitative estimate of drug-likeness (QED) is 0.328. The number of allylic oxidation sites excluding steroid dienone is 3. The Labute approximate surface area is 189 Å². The molecule has 174 valence electrons. The normalized spacial score (nSPS) is 19.2. The third kappa shape index (κ3) is 5.90. The van der Waals surface area contributed by atoms with Crippen molar-refractivity contribution in [1.29, 1.82) is 0 Å². The molecule has 2 aromatic carbocycles. The summed E-state index contributed by atoms with van der Waals surface area (Å²) in [6.45, 7) is 5.71. The zero-order valence-corrected chi connectivity index (χ0v) is 17.9. The van der Waals surface area contributed by atoms with E-state index in [1.165, 1.54) is 35.2 Å². The molecule has 1 amide bonds. The summed E-state index contributed by atoms with van der Waals surface area (Å²) in [4.78, 5) is 13.9. The first-order chi connectivity index (χ1) is 15.7. The highest BCUT2D eigenvalue weighted by Gasteiger charge is 2.44. The molecule has 0 aromatic heterocycles. The molecule has 1 fully saturated rings. The fourth-order valence-corrected chi connectivity index (χ4v) is 3.50. The first-order valence-corrected chi connectivity index (χ1v) is 10.2. The van der Waals surface area contributed by atoms with Crippen molar-refractivity contribution in [2.45, 2.75) is 25.2 Å². The number of halogens is 4. The van der Waals surface area contributed by atoms with E-state index < -0.39 is 35.8 Å². The SMILES string of the molecule is C=C/C=C\C(=C/C)COC[C@@H]1OC(=O)N(c2ccc(C(F)(F)F)cc2)[C@H]1c1cccc(F)c1. The number of nitrogens with zero attached hydrogens (tertiary/aromatic N) is 1. The Morgan fingerprint density at radius 1 is 1.21 bits per heavy atom. The summed E-state index contributed by atoms with van der Waals surface area (Å²) in [5.74, 6) is -0.510. The summed E-state index contributed by atoms with van der Waals surface area (Å²) < 4.78 is 64.1. The highest BCUT2D eigenvalue weighted by atomic mass is 19.4. The molecule has 0 radical (unpaired) electrons. The third-order valence-electron chi connectivity index (χ3n) is 5.11. The van der Waals surface area contributed by atoms with Gasteiger partial charge in [0.15, 0.2) is 6.10 Å². The van der Waals surface area contributed by atoms with Crippen LogP contribution in [0.2, 0.25) is 0 Å². The van der Waals surface area contributed by atoms with E-state index in [-0.39, 0.29) is 18.9 Å². The van der Waals surface area contributed by atoms with Gasteiger partial charge in [0.1, 0.15) is 11.9 Å². The molecule has 0 saturated carbocycles. The van der Waals surface area contributed by atoms with Crippen molar-refractivity contribution in [2.24, 2.45) is 0 Å². The molecule has 0 N–H and O–H groups in total. The molecule has 3 rings (SSSR count). The molecule has 1 aliphatic heterocycles. The van der Waals surface area contributed by atoms with Crippen molar-refractivity contribution in [1.82, 2.24) is 0 Å². The zero-order chi connectivity index (χ0) is 24.0. The number of rotatable bonds is 8. The van der Waals surface area contributed by atoms with Gasteiger partial charge in [-0.2, -0.15) is 13.2 Å². The maximum Gasteiger partial charge on any atom is 0.416 e. The van der Waals surface area contributed by atoms with E-state index in [1.807, 2.05) is 19.1 Å². The van der Waals surface area contributed by atoms with E-state index in [0.29, 0.717) is 5.56 Å². The van der Waals surface area contributed by atoms with Gasteiger partial charge in [0.05, 0.1) is 18.8 Å². The lowest BCUT2D eigenvalue weighted by Crippen LogP contribution is -2.31. The number of cyclic esters (lactones) is 1. The summed E-state index contributed by atoms with van der Waals surface area (Å²) in [6.07, 6.45) is 1.01. The Hall–Kier alpha value is -3.39. The number of carbonyl (C=O) groups is 1. The number of hydrogen-bond donors (Lipinski definition) is 0. The topological polar surface area (TPSA) is 38.8 Å². The van der Waals surface area contributed by atoms with Gasteiger partial charge >= 0.3 is 12.3 Å². The standard InChI is InChI=1S/C25H23F4NO3/c1-3-5-7-17(4-2)15-32-16-22-23(18-8-6-9-20(26)14-18)30(24(31)33-22)21-12-10-19(11-13-21)25(27,28)29/h3-14,22-23H,1,15-16H2,2H3/b7-5-,17-4+/t22-,23-/m0/s1. The highest BCUT2D eigenvalue weighted by molar-refractivity contribution is 5.91. The van der Waals surface area contributed by atoms with Gasteiger partial charge in [-0.15, -0.1) is 0 Å². The van der Waals surface area contributed by atoms with E-state index in [9.17, 15) is 22.4 Å².